The Labute approximate surface area is 92.5 Å². The summed E-state index contributed by atoms with van der Waals surface area (Å²) >= 11 is 1.64. The number of anilines is 2. The van der Waals surface area contributed by atoms with Crippen LogP contribution in [0.4, 0.5) is 11.4 Å². The third-order valence-corrected chi connectivity index (χ3v) is 3.24. The van der Waals surface area contributed by atoms with Crippen molar-refractivity contribution in [3.8, 4) is 11.1 Å². The Balaban J connectivity index is 2.58. The molecule has 2 rings (SSSR count). The van der Waals surface area contributed by atoms with Crippen molar-refractivity contribution in [3.63, 3.8) is 0 Å². The van der Waals surface area contributed by atoms with Gasteiger partial charge in [-0.05, 0) is 35.2 Å². The lowest BCUT2D eigenvalue weighted by Crippen LogP contribution is -1.97. The van der Waals surface area contributed by atoms with Crippen molar-refractivity contribution in [2.45, 2.75) is 6.54 Å². The van der Waals surface area contributed by atoms with Gasteiger partial charge < -0.3 is 17.2 Å². The molecule has 0 aliphatic heterocycles. The zero-order chi connectivity index (χ0) is 10.8. The minimum absolute atomic E-state index is 0.529. The maximum atomic E-state index is 5.91. The van der Waals surface area contributed by atoms with Crippen molar-refractivity contribution in [1.82, 2.24) is 0 Å². The molecule has 0 bridgehead atoms. The zero-order valence-electron chi connectivity index (χ0n) is 8.23. The number of benzene rings is 1. The van der Waals surface area contributed by atoms with Crippen molar-refractivity contribution in [2.75, 3.05) is 11.5 Å². The minimum atomic E-state index is 0.529. The van der Waals surface area contributed by atoms with E-state index >= 15 is 0 Å². The van der Waals surface area contributed by atoms with Crippen LogP contribution < -0.4 is 17.2 Å². The number of thiophene rings is 1. The van der Waals surface area contributed by atoms with Crippen LogP contribution >= 0.6 is 11.3 Å². The van der Waals surface area contributed by atoms with E-state index in [4.69, 9.17) is 17.2 Å². The number of rotatable bonds is 2. The van der Waals surface area contributed by atoms with Crippen LogP contribution in [0.15, 0.2) is 29.6 Å². The van der Waals surface area contributed by atoms with E-state index < -0.39 is 0 Å². The van der Waals surface area contributed by atoms with E-state index in [0.29, 0.717) is 12.2 Å². The highest BCUT2D eigenvalue weighted by atomic mass is 32.1. The molecule has 1 heterocycles. The van der Waals surface area contributed by atoms with Gasteiger partial charge in [-0.2, -0.15) is 0 Å². The van der Waals surface area contributed by atoms with E-state index in [1.807, 2.05) is 23.6 Å². The van der Waals surface area contributed by atoms with Gasteiger partial charge in [-0.25, -0.2) is 0 Å². The van der Waals surface area contributed by atoms with Crippen LogP contribution in [-0.2, 0) is 6.54 Å². The van der Waals surface area contributed by atoms with Gasteiger partial charge in [0.05, 0.1) is 0 Å². The molecule has 3 nitrogen and oxygen atoms in total. The molecule has 0 saturated heterocycles. The first-order chi connectivity index (χ1) is 7.22. The Morgan fingerprint density at radius 2 is 1.87 bits per heavy atom. The van der Waals surface area contributed by atoms with Crippen molar-refractivity contribution in [2.24, 2.45) is 5.73 Å². The van der Waals surface area contributed by atoms with Crippen LogP contribution in [0.1, 0.15) is 4.88 Å². The van der Waals surface area contributed by atoms with Gasteiger partial charge in [0, 0.05) is 28.4 Å². The van der Waals surface area contributed by atoms with Crippen molar-refractivity contribution >= 4 is 22.7 Å². The Kier molecular flexibility index (Phi) is 2.62. The van der Waals surface area contributed by atoms with E-state index in [1.54, 1.807) is 17.4 Å². The highest BCUT2D eigenvalue weighted by Crippen LogP contribution is 2.33. The maximum absolute atomic E-state index is 5.91. The predicted octanol–water partition coefficient (Wildman–Crippen LogP) is 2.04. The Morgan fingerprint density at radius 1 is 1.07 bits per heavy atom. The molecule has 1 aromatic carbocycles. The van der Waals surface area contributed by atoms with E-state index in [-0.39, 0.29) is 0 Å². The molecule has 0 aliphatic rings. The molecule has 0 atom stereocenters. The van der Waals surface area contributed by atoms with Crippen LogP contribution in [-0.4, -0.2) is 0 Å². The molecule has 0 fully saturated rings. The number of nitrogens with two attached hydrogens (primary N) is 3. The van der Waals surface area contributed by atoms with E-state index in [9.17, 15) is 0 Å². The molecule has 0 amide bonds. The third-order valence-electron chi connectivity index (χ3n) is 2.30. The first kappa shape index (κ1) is 10.0. The normalized spacial score (nSPS) is 10.5. The average molecular weight is 219 g/mol. The molecule has 0 unspecified atom stereocenters. The fourth-order valence-corrected chi connectivity index (χ4v) is 2.32. The minimum Gasteiger partial charge on any atom is -0.399 e. The van der Waals surface area contributed by atoms with Crippen molar-refractivity contribution in [1.29, 1.82) is 0 Å². The fraction of sp³-hybridized carbons (Fsp3) is 0.0909. The Morgan fingerprint density at radius 3 is 2.60 bits per heavy atom. The van der Waals surface area contributed by atoms with Crippen LogP contribution in [0.25, 0.3) is 11.1 Å². The molecule has 6 N–H and O–H groups in total. The lowest BCUT2D eigenvalue weighted by Gasteiger charge is -2.07. The van der Waals surface area contributed by atoms with Crippen LogP contribution in [0.2, 0.25) is 0 Å². The molecule has 0 aliphatic carbocycles. The lowest BCUT2D eigenvalue weighted by atomic mass is 10.0. The molecular weight excluding hydrogens is 206 g/mol. The number of hydrogen-bond acceptors (Lipinski definition) is 4. The first-order valence-electron chi connectivity index (χ1n) is 4.64. The largest absolute Gasteiger partial charge is 0.399 e. The molecule has 1 aromatic heterocycles. The summed E-state index contributed by atoms with van der Waals surface area (Å²) < 4.78 is 0. The molecule has 78 valence electrons. The average Bonchev–Trinajstić information content (AvgIpc) is 2.69. The van der Waals surface area contributed by atoms with E-state index in [2.05, 4.69) is 0 Å². The van der Waals surface area contributed by atoms with Crippen molar-refractivity contribution < 1.29 is 0 Å². The van der Waals surface area contributed by atoms with E-state index in [0.717, 1.165) is 21.7 Å². The molecule has 0 spiro atoms. The van der Waals surface area contributed by atoms with Gasteiger partial charge in [0.15, 0.2) is 0 Å². The number of nitrogen functional groups attached to an aromatic ring is 2. The van der Waals surface area contributed by atoms with Crippen LogP contribution in [0, 0.1) is 0 Å². The Bertz CT molecular complexity index is 476. The molecule has 4 heteroatoms. The van der Waals surface area contributed by atoms with Crippen LogP contribution in [0.5, 0.6) is 0 Å². The summed E-state index contributed by atoms with van der Waals surface area (Å²) in [6, 6.07) is 7.53. The second-order valence-electron chi connectivity index (χ2n) is 3.31. The van der Waals surface area contributed by atoms with Gasteiger partial charge >= 0.3 is 0 Å². The highest BCUT2D eigenvalue weighted by molar-refractivity contribution is 7.10. The van der Waals surface area contributed by atoms with Gasteiger partial charge in [0.2, 0.25) is 0 Å². The lowest BCUT2D eigenvalue weighted by molar-refractivity contribution is 1.11. The highest BCUT2D eigenvalue weighted by Gasteiger charge is 2.08. The summed E-state index contributed by atoms with van der Waals surface area (Å²) in [4.78, 5) is 1.13. The SMILES string of the molecule is NCc1sccc1-c1cc(N)ccc1N. The quantitative estimate of drug-likeness (QED) is 0.676. The third kappa shape index (κ3) is 1.82. The first-order valence-corrected chi connectivity index (χ1v) is 5.52. The van der Waals surface area contributed by atoms with Crippen molar-refractivity contribution in [3.05, 3.63) is 34.5 Å². The second kappa shape index (κ2) is 3.92. The van der Waals surface area contributed by atoms with Gasteiger partial charge in [-0.15, -0.1) is 11.3 Å². The smallest absolute Gasteiger partial charge is 0.0395 e. The van der Waals surface area contributed by atoms with Gasteiger partial charge in [0.1, 0.15) is 0 Å². The molecule has 2 aromatic rings. The van der Waals surface area contributed by atoms with E-state index in [1.165, 1.54) is 0 Å². The van der Waals surface area contributed by atoms with Crippen LogP contribution in [0.3, 0.4) is 0 Å². The van der Waals surface area contributed by atoms with Gasteiger partial charge in [0.25, 0.3) is 0 Å². The maximum Gasteiger partial charge on any atom is 0.0395 e. The Hall–Kier alpha value is -1.52. The fourth-order valence-electron chi connectivity index (χ4n) is 1.55. The summed E-state index contributed by atoms with van der Waals surface area (Å²) in [5.41, 5.74) is 20.8. The standard InChI is InChI=1S/C11H13N3S/c12-6-11-8(3-4-15-11)9-5-7(13)1-2-10(9)14/h1-5H,6,12-14H2. The topological polar surface area (TPSA) is 78.1 Å². The molecular formula is C11H13N3S. The predicted molar refractivity (Wildman–Crippen MR) is 66.5 cm³/mol. The monoisotopic (exact) mass is 219 g/mol. The summed E-state index contributed by atoms with van der Waals surface area (Å²) in [6.07, 6.45) is 0. The summed E-state index contributed by atoms with van der Waals surface area (Å²) in [5, 5.41) is 2.01. The summed E-state index contributed by atoms with van der Waals surface area (Å²) in [6.45, 7) is 0.529. The molecule has 0 radical (unpaired) electrons. The summed E-state index contributed by atoms with van der Waals surface area (Å²) in [7, 11) is 0. The van der Waals surface area contributed by atoms with Gasteiger partial charge in [-0.3, -0.25) is 0 Å². The molecule has 15 heavy (non-hydrogen) atoms. The molecule has 0 saturated carbocycles. The van der Waals surface area contributed by atoms with Gasteiger partial charge in [-0.1, -0.05) is 0 Å². The number of hydrogen-bond donors (Lipinski definition) is 3. The second-order valence-corrected chi connectivity index (χ2v) is 4.31. The summed E-state index contributed by atoms with van der Waals surface area (Å²) in [5.74, 6) is 0. The zero-order valence-corrected chi connectivity index (χ0v) is 9.05.